The maximum absolute atomic E-state index is 12.1. The lowest BCUT2D eigenvalue weighted by molar-refractivity contribution is -0.120. The van der Waals surface area contributed by atoms with Crippen LogP contribution in [0.2, 0.25) is 0 Å². The molecule has 1 amide bonds. The number of piperidine rings is 1. The van der Waals surface area contributed by atoms with Gasteiger partial charge in [0.2, 0.25) is 5.91 Å². The Kier molecular flexibility index (Phi) is 4.18. The summed E-state index contributed by atoms with van der Waals surface area (Å²) < 4.78 is 0.936. The Labute approximate surface area is 110 Å². The first-order chi connectivity index (χ1) is 8.16. The van der Waals surface area contributed by atoms with E-state index in [0.29, 0.717) is 0 Å². The Morgan fingerprint density at radius 3 is 2.82 bits per heavy atom. The zero-order chi connectivity index (χ0) is 12.3. The maximum atomic E-state index is 12.1. The summed E-state index contributed by atoms with van der Waals surface area (Å²) in [5.74, 6) is 0.279. The molecule has 4 heteroatoms. The lowest BCUT2D eigenvalue weighted by atomic mass is 9.97. The third kappa shape index (κ3) is 3.30. The number of halogens is 1. The second-order valence-electron chi connectivity index (χ2n) is 4.50. The van der Waals surface area contributed by atoms with Crippen LogP contribution < -0.4 is 10.6 Å². The van der Waals surface area contributed by atoms with Gasteiger partial charge in [-0.05, 0) is 66.5 Å². The summed E-state index contributed by atoms with van der Waals surface area (Å²) in [7, 11) is 0. The van der Waals surface area contributed by atoms with Crippen LogP contribution in [0.4, 0.5) is 5.69 Å². The van der Waals surface area contributed by atoms with Crippen LogP contribution in [-0.4, -0.2) is 19.0 Å². The number of hydrogen-bond donors (Lipinski definition) is 2. The minimum absolute atomic E-state index is 0.137. The average Bonchev–Trinajstić information content (AvgIpc) is 2.35. The third-order valence-corrected chi connectivity index (χ3v) is 3.78. The summed E-state index contributed by atoms with van der Waals surface area (Å²) in [4.78, 5) is 12.1. The quantitative estimate of drug-likeness (QED) is 0.881. The first kappa shape index (κ1) is 12.6. The van der Waals surface area contributed by atoms with Crippen LogP contribution in [0.25, 0.3) is 0 Å². The predicted molar refractivity (Wildman–Crippen MR) is 73.1 cm³/mol. The van der Waals surface area contributed by atoms with Gasteiger partial charge in [0, 0.05) is 10.4 Å². The van der Waals surface area contributed by atoms with E-state index in [1.165, 1.54) is 0 Å². The van der Waals surface area contributed by atoms with Crippen molar-refractivity contribution in [2.45, 2.75) is 19.8 Å². The molecule has 2 rings (SSSR count). The monoisotopic (exact) mass is 296 g/mol. The number of rotatable bonds is 2. The van der Waals surface area contributed by atoms with Crippen LogP contribution in [0.1, 0.15) is 18.4 Å². The number of amides is 1. The van der Waals surface area contributed by atoms with E-state index in [0.717, 1.165) is 41.7 Å². The molecule has 0 aliphatic carbocycles. The Balaban J connectivity index is 2.04. The standard InChI is InChI=1S/C13H17BrN2O/c1-9-2-3-11(14)12(8-9)16-13(17)10-4-6-15-7-5-10/h2-3,8,10,15H,4-7H2,1H3,(H,16,17). The summed E-state index contributed by atoms with van der Waals surface area (Å²) in [6.45, 7) is 3.90. The number of nitrogens with one attached hydrogen (secondary N) is 2. The fourth-order valence-electron chi connectivity index (χ4n) is 2.05. The summed E-state index contributed by atoms with van der Waals surface area (Å²) in [5.41, 5.74) is 2.02. The third-order valence-electron chi connectivity index (χ3n) is 3.09. The minimum Gasteiger partial charge on any atom is -0.325 e. The molecule has 1 aliphatic heterocycles. The Hall–Kier alpha value is -0.870. The number of carbonyl (C=O) groups excluding carboxylic acids is 1. The number of benzene rings is 1. The second-order valence-corrected chi connectivity index (χ2v) is 5.35. The van der Waals surface area contributed by atoms with Crippen molar-refractivity contribution in [2.75, 3.05) is 18.4 Å². The first-order valence-electron chi connectivity index (χ1n) is 5.94. The van der Waals surface area contributed by atoms with Gasteiger partial charge >= 0.3 is 0 Å². The van der Waals surface area contributed by atoms with Crippen LogP contribution >= 0.6 is 15.9 Å². The van der Waals surface area contributed by atoms with E-state index in [-0.39, 0.29) is 11.8 Å². The number of carbonyl (C=O) groups is 1. The van der Waals surface area contributed by atoms with E-state index < -0.39 is 0 Å². The Morgan fingerprint density at radius 2 is 2.12 bits per heavy atom. The van der Waals surface area contributed by atoms with Gasteiger partial charge in [-0.3, -0.25) is 4.79 Å². The van der Waals surface area contributed by atoms with E-state index in [4.69, 9.17) is 0 Å². The SMILES string of the molecule is Cc1ccc(Br)c(NC(=O)C2CCNCC2)c1. The van der Waals surface area contributed by atoms with Gasteiger partial charge in [0.05, 0.1) is 5.69 Å². The van der Waals surface area contributed by atoms with E-state index >= 15 is 0 Å². The van der Waals surface area contributed by atoms with Gasteiger partial charge in [-0.1, -0.05) is 6.07 Å². The van der Waals surface area contributed by atoms with Gasteiger partial charge < -0.3 is 10.6 Å². The maximum Gasteiger partial charge on any atom is 0.227 e. The number of anilines is 1. The average molecular weight is 297 g/mol. The summed E-state index contributed by atoms with van der Waals surface area (Å²) >= 11 is 3.46. The van der Waals surface area contributed by atoms with Gasteiger partial charge in [-0.15, -0.1) is 0 Å². The van der Waals surface area contributed by atoms with Gasteiger partial charge in [0.1, 0.15) is 0 Å². The summed E-state index contributed by atoms with van der Waals surface area (Å²) in [6.07, 6.45) is 1.85. The molecule has 1 aromatic rings. The second kappa shape index (κ2) is 5.65. The molecule has 1 aromatic carbocycles. The van der Waals surface area contributed by atoms with Crippen molar-refractivity contribution in [1.29, 1.82) is 0 Å². The van der Waals surface area contributed by atoms with Crippen LogP contribution in [0.5, 0.6) is 0 Å². The van der Waals surface area contributed by atoms with E-state index in [1.807, 2.05) is 25.1 Å². The molecule has 0 aromatic heterocycles. The number of hydrogen-bond acceptors (Lipinski definition) is 2. The van der Waals surface area contributed by atoms with Crippen LogP contribution in [-0.2, 0) is 4.79 Å². The van der Waals surface area contributed by atoms with Crippen molar-refractivity contribution in [3.63, 3.8) is 0 Å². The molecular weight excluding hydrogens is 280 g/mol. The van der Waals surface area contributed by atoms with Crippen molar-refractivity contribution in [3.05, 3.63) is 28.2 Å². The zero-order valence-corrected chi connectivity index (χ0v) is 11.5. The van der Waals surface area contributed by atoms with Crippen molar-refractivity contribution >= 4 is 27.5 Å². The molecule has 92 valence electrons. The van der Waals surface area contributed by atoms with Crippen LogP contribution in [0, 0.1) is 12.8 Å². The molecule has 17 heavy (non-hydrogen) atoms. The van der Waals surface area contributed by atoms with E-state index in [2.05, 4.69) is 26.6 Å². The normalized spacial score (nSPS) is 16.8. The summed E-state index contributed by atoms with van der Waals surface area (Å²) in [6, 6.07) is 5.97. The topological polar surface area (TPSA) is 41.1 Å². The van der Waals surface area contributed by atoms with Gasteiger partial charge in [-0.2, -0.15) is 0 Å². The highest BCUT2D eigenvalue weighted by Crippen LogP contribution is 2.24. The van der Waals surface area contributed by atoms with Crippen molar-refractivity contribution in [1.82, 2.24) is 5.32 Å². The van der Waals surface area contributed by atoms with Crippen molar-refractivity contribution in [2.24, 2.45) is 5.92 Å². The molecule has 1 saturated heterocycles. The lowest BCUT2D eigenvalue weighted by Gasteiger charge is -2.22. The Morgan fingerprint density at radius 1 is 1.41 bits per heavy atom. The highest BCUT2D eigenvalue weighted by atomic mass is 79.9. The smallest absolute Gasteiger partial charge is 0.227 e. The van der Waals surface area contributed by atoms with E-state index in [1.54, 1.807) is 0 Å². The highest BCUT2D eigenvalue weighted by molar-refractivity contribution is 9.10. The molecule has 0 unspecified atom stereocenters. The molecule has 1 aliphatic rings. The summed E-state index contributed by atoms with van der Waals surface area (Å²) in [5, 5.41) is 6.27. The Bertz CT molecular complexity index is 414. The molecule has 0 bridgehead atoms. The van der Waals surface area contributed by atoms with Gasteiger partial charge in [-0.25, -0.2) is 0 Å². The van der Waals surface area contributed by atoms with Gasteiger partial charge in [0.25, 0.3) is 0 Å². The molecular formula is C13H17BrN2O. The molecule has 1 heterocycles. The van der Waals surface area contributed by atoms with Crippen LogP contribution in [0.3, 0.4) is 0 Å². The largest absolute Gasteiger partial charge is 0.325 e. The molecule has 1 fully saturated rings. The fraction of sp³-hybridized carbons (Fsp3) is 0.462. The molecule has 0 spiro atoms. The molecule has 0 atom stereocenters. The highest BCUT2D eigenvalue weighted by Gasteiger charge is 2.21. The molecule has 0 saturated carbocycles. The van der Waals surface area contributed by atoms with Crippen molar-refractivity contribution < 1.29 is 4.79 Å². The number of aryl methyl sites for hydroxylation is 1. The fourth-order valence-corrected chi connectivity index (χ4v) is 2.40. The first-order valence-corrected chi connectivity index (χ1v) is 6.74. The zero-order valence-electron chi connectivity index (χ0n) is 9.92. The molecule has 2 N–H and O–H groups in total. The predicted octanol–water partition coefficient (Wildman–Crippen LogP) is 2.70. The van der Waals surface area contributed by atoms with Gasteiger partial charge in [0.15, 0.2) is 0 Å². The van der Waals surface area contributed by atoms with E-state index in [9.17, 15) is 4.79 Å². The lowest BCUT2D eigenvalue weighted by Crippen LogP contribution is -2.34. The van der Waals surface area contributed by atoms with Crippen LogP contribution in [0.15, 0.2) is 22.7 Å². The van der Waals surface area contributed by atoms with Crippen molar-refractivity contribution in [3.8, 4) is 0 Å². The minimum atomic E-state index is 0.137. The molecule has 3 nitrogen and oxygen atoms in total. The molecule has 0 radical (unpaired) electrons.